The number of hydrogen-bond donors (Lipinski definition) is 4. The van der Waals surface area contributed by atoms with Crippen LogP contribution in [0.5, 0.6) is 23.0 Å². The summed E-state index contributed by atoms with van der Waals surface area (Å²) in [4.78, 5) is 12.8. The minimum absolute atomic E-state index is 0.0461. The number of carbonyl (C=O) groups excluding carboxylic acids is 1. The highest BCUT2D eigenvalue weighted by molar-refractivity contribution is 5.75. The Balaban J connectivity index is 1.48. The molecular formula is C28H35N3O5. The number of methoxy groups -OCH3 is 1. The summed E-state index contributed by atoms with van der Waals surface area (Å²) in [5.74, 6) is 2.35. The van der Waals surface area contributed by atoms with E-state index in [9.17, 15) is 15.0 Å². The standard InChI is InChI=1S/C28H35N3O5/c1-31(2)15-13-22-16-24(9-11-28(22)35-3)36-23-7-4-20(5-8-23)12-14-29-18-27(34)21-6-10-26(33)25(17-21)30-19-32/h4-11,16-17,19,27,29,33-34H,12-15,18H2,1-3H3,(H,30,32). The van der Waals surface area contributed by atoms with Crippen molar-refractivity contribution in [3.05, 3.63) is 77.4 Å². The molecule has 4 N–H and O–H groups in total. The van der Waals surface area contributed by atoms with E-state index in [1.54, 1.807) is 19.2 Å². The lowest BCUT2D eigenvalue weighted by molar-refractivity contribution is -0.105. The highest BCUT2D eigenvalue weighted by Gasteiger charge is 2.11. The van der Waals surface area contributed by atoms with Crippen LogP contribution in [0.3, 0.4) is 0 Å². The number of likely N-dealkylation sites (N-methyl/N-ethyl adjacent to an activating group) is 1. The largest absolute Gasteiger partial charge is 0.506 e. The van der Waals surface area contributed by atoms with Gasteiger partial charge < -0.3 is 35.2 Å². The second-order valence-electron chi connectivity index (χ2n) is 8.78. The lowest BCUT2D eigenvalue weighted by Crippen LogP contribution is -2.23. The summed E-state index contributed by atoms with van der Waals surface area (Å²) in [7, 11) is 5.78. The van der Waals surface area contributed by atoms with E-state index in [0.717, 1.165) is 47.8 Å². The van der Waals surface area contributed by atoms with Gasteiger partial charge in [0.2, 0.25) is 6.41 Å². The molecule has 0 heterocycles. The maximum absolute atomic E-state index is 10.6. The molecule has 0 radical (unpaired) electrons. The van der Waals surface area contributed by atoms with Gasteiger partial charge in [-0.3, -0.25) is 4.79 Å². The van der Waals surface area contributed by atoms with E-state index < -0.39 is 6.10 Å². The number of aromatic hydroxyl groups is 1. The van der Waals surface area contributed by atoms with Crippen molar-refractivity contribution >= 4 is 12.1 Å². The van der Waals surface area contributed by atoms with E-state index in [-0.39, 0.29) is 11.4 Å². The fourth-order valence-electron chi connectivity index (χ4n) is 3.75. The summed E-state index contributed by atoms with van der Waals surface area (Å²) in [6, 6.07) is 18.5. The van der Waals surface area contributed by atoms with Crippen LogP contribution in [0.4, 0.5) is 5.69 Å². The predicted molar refractivity (Wildman–Crippen MR) is 141 cm³/mol. The molecule has 0 aliphatic rings. The number of rotatable bonds is 14. The molecule has 192 valence electrons. The van der Waals surface area contributed by atoms with Crippen molar-refractivity contribution in [3.63, 3.8) is 0 Å². The minimum Gasteiger partial charge on any atom is -0.506 e. The number of aliphatic hydroxyl groups excluding tert-OH is 1. The molecule has 36 heavy (non-hydrogen) atoms. The highest BCUT2D eigenvalue weighted by atomic mass is 16.5. The molecule has 0 bridgehead atoms. The zero-order valence-corrected chi connectivity index (χ0v) is 21.0. The Bertz CT molecular complexity index is 1120. The van der Waals surface area contributed by atoms with Crippen molar-refractivity contribution in [1.82, 2.24) is 10.2 Å². The molecule has 3 aromatic rings. The van der Waals surface area contributed by atoms with Crippen molar-refractivity contribution in [3.8, 4) is 23.0 Å². The number of benzene rings is 3. The second kappa shape index (κ2) is 13.5. The Morgan fingerprint density at radius 1 is 1.00 bits per heavy atom. The first-order valence-corrected chi connectivity index (χ1v) is 11.9. The third kappa shape index (κ3) is 7.98. The monoisotopic (exact) mass is 493 g/mol. The number of anilines is 1. The van der Waals surface area contributed by atoms with Gasteiger partial charge >= 0.3 is 0 Å². The summed E-state index contributed by atoms with van der Waals surface area (Å²) >= 11 is 0. The molecule has 3 rings (SSSR count). The van der Waals surface area contributed by atoms with Crippen LogP contribution < -0.4 is 20.1 Å². The fourth-order valence-corrected chi connectivity index (χ4v) is 3.75. The first-order chi connectivity index (χ1) is 17.4. The molecule has 0 aliphatic heterocycles. The third-order valence-corrected chi connectivity index (χ3v) is 5.79. The van der Waals surface area contributed by atoms with E-state index >= 15 is 0 Å². The Kier molecular flexibility index (Phi) is 10.1. The van der Waals surface area contributed by atoms with Gasteiger partial charge in [-0.05, 0) is 92.6 Å². The van der Waals surface area contributed by atoms with Gasteiger partial charge in [-0.15, -0.1) is 0 Å². The molecule has 1 unspecified atom stereocenters. The molecule has 0 saturated carbocycles. The topological polar surface area (TPSA) is 103 Å². The number of phenols is 1. The van der Waals surface area contributed by atoms with Crippen LogP contribution in [-0.2, 0) is 17.6 Å². The Morgan fingerprint density at radius 3 is 2.44 bits per heavy atom. The van der Waals surface area contributed by atoms with Gasteiger partial charge in [0.15, 0.2) is 0 Å². The lowest BCUT2D eigenvalue weighted by Gasteiger charge is -2.15. The first kappa shape index (κ1) is 27.0. The Morgan fingerprint density at radius 2 is 1.75 bits per heavy atom. The SMILES string of the molecule is COc1ccc(Oc2ccc(CCNCC(O)c3ccc(O)c(NC=O)c3)cc2)cc1CCN(C)C. The van der Waals surface area contributed by atoms with Gasteiger partial charge in [-0.2, -0.15) is 0 Å². The number of hydrogen-bond acceptors (Lipinski definition) is 7. The average molecular weight is 494 g/mol. The second-order valence-corrected chi connectivity index (χ2v) is 8.78. The van der Waals surface area contributed by atoms with Crippen LogP contribution in [0.2, 0.25) is 0 Å². The van der Waals surface area contributed by atoms with Crippen LogP contribution in [0.1, 0.15) is 22.8 Å². The van der Waals surface area contributed by atoms with Gasteiger partial charge in [0.25, 0.3) is 0 Å². The summed E-state index contributed by atoms with van der Waals surface area (Å²) in [6.45, 7) is 1.95. The molecule has 0 aromatic heterocycles. The smallest absolute Gasteiger partial charge is 0.211 e. The summed E-state index contributed by atoms with van der Waals surface area (Å²) in [5.41, 5.74) is 3.13. The Hall–Kier alpha value is -3.59. The summed E-state index contributed by atoms with van der Waals surface area (Å²) < 4.78 is 11.5. The van der Waals surface area contributed by atoms with Crippen LogP contribution in [0.15, 0.2) is 60.7 Å². The Labute approximate surface area is 212 Å². The van der Waals surface area contributed by atoms with Gasteiger partial charge in [0.1, 0.15) is 23.0 Å². The maximum atomic E-state index is 10.6. The van der Waals surface area contributed by atoms with E-state index in [1.807, 2.05) is 56.6 Å². The molecule has 0 fully saturated rings. The molecular weight excluding hydrogens is 458 g/mol. The average Bonchev–Trinajstić information content (AvgIpc) is 2.87. The van der Waals surface area contributed by atoms with Crippen molar-refractivity contribution in [1.29, 1.82) is 0 Å². The van der Waals surface area contributed by atoms with E-state index in [4.69, 9.17) is 9.47 Å². The molecule has 1 atom stereocenters. The molecule has 3 aromatic carbocycles. The quantitative estimate of drug-likeness (QED) is 0.154. The van der Waals surface area contributed by atoms with Crippen molar-refractivity contribution < 1.29 is 24.5 Å². The molecule has 8 nitrogen and oxygen atoms in total. The normalized spacial score (nSPS) is 11.8. The van der Waals surface area contributed by atoms with E-state index in [2.05, 4.69) is 15.5 Å². The van der Waals surface area contributed by atoms with Crippen LogP contribution in [-0.4, -0.2) is 62.4 Å². The highest BCUT2D eigenvalue weighted by Crippen LogP contribution is 2.29. The number of carbonyl (C=O) groups is 1. The zero-order chi connectivity index (χ0) is 25.9. The predicted octanol–water partition coefficient (Wildman–Crippen LogP) is 3.73. The first-order valence-electron chi connectivity index (χ1n) is 11.9. The number of amides is 1. The van der Waals surface area contributed by atoms with Crippen molar-refractivity contribution in [2.45, 2.75) is 18.9 Å². The number of nitrogens with zero attached hydrogens (tertiary/aromatic N) is 1. The fraction of sp³-hybridized carbons (Fsp3) is 0.321. The van der Waals surface area contributed by atoms with Crippen LogP contribution in [0, 0.1) is 0 Å². The number of nitrogens with one attached hydrogen (secondary N) is 2. The zero-order valence-electron chi connectivity index (χ0n) is 21.0. The molecule has 0 aliphatic carbocycles. The van der Waals surface area contributed by atoms with E-state index in [0.29, 0.717) is 25.1 Å². The summed E-state index contributed by atoms with van der Waals surface area (Å²) in [5, 5.41) is 25.8. The molecule has 1 amide bonds. The number of aliphatic hydroxyl groups is 1. The third-order valence-electron chi connectivity index (χ3n) is 5.79. The lowest BCUT2D eigenvalue weighted by atomic mass is 10.1. The molecule has 8 heteroatoms. The van der Waals surface area contributed by atoms with Gasteiger partial charge in [-0.25, -0.2) is 0 Å². The van der Waals surface area contributed by atoms with Crippen molar-refractivity contribution in [2.75, 3.05) is 46.2 Å². The van der Waals surface area contributed by atoms with Gasteiger partial charge in [0, 0.05) is 13.1 Å². The minimum atomic E-state index is -0.763. The maximum Gasteiger partial charge on any atom is 0.211 e. The van der Waals surface area contributed by atoms with Crippen molar-refractivity contribution in [2.24, 2.45) is 0 Å². The summed E-state index contributed by atoms with van der Waals surface area (Å²) in [6.07, 6.45) is 1.39. The number of phenolic OH excluding ortho intramolecular Hbond substituents is 1. The van der Waals surface area contributed by atoms with Crippen LogP contribution >= 0.6 is 0 Å². The van der Waals surface area contributed by atoms with Gasteiger partial charge in [-0.1, -0.05) is 18.2 Å². The number of ether oxygens (including phenoxy) is 2. The molecule has 0 saturated heterocycles. The van der Waals surface area contributed by atoms with Gasteiger partial charge in [0.05, 0.1) is 18.9 Å². The van der Waals surface area contributed by atoms with E-state index in [1.165, 1.54) is 6.07 Å². The molecule has 0 spiro atoms. The van der Waals surface area contributed by atoms with Crippen LogP contribution in [0.25, 0.3) is 0 Å².